The van der Waals surface area contributed by atoms with E-state index < -0.39 is 6.10 Å². The van der Waals surface area contributed by atoms with Crippen LogP contribution in [0.4, 0.5) is 0 Å². The van der Waals surface area contributed by atoms with Crippen LogP contribution >= 0.6 is 15.9 Å². The Balaban J connectivity index is 2.64. The second-order valence-corrected chi connectivity index (χ2v) is 4.57. The number of halogens is 1. The summed E-state index contributed by atoms with van der Waals surface area (Å²) in [5.41, 5.74) is 3.69. The van der Waals surface area contributed by atoms with Crippen molar-refractivity contribution < 1.29 is 5.11 Å². The van der Waals surface area contributed by atoms with Crippen molar-refractivity contribution in [3.8, 4) is 0 Å². The van der Waals surface area contributed by atoms with Gasteiger partial charge in [0.05, 0.1) is 6.10 Å². The summed E-state index contributed by atoms with van der Waals surface area (Å²) in [7, 11) is 0. The highest BCUT2D eigenvalue weighted by atomic mass is 79.9. The summed E-state index contributed by atoms with van der Waals surface area (Å²) in [5, 5.41) is 9.92. The van der Waals surface area contributed by atoms with Gasteiger partial charge in [-0.3, -0.25) is 0 Å². The van der Waals surface area contributed by atoms with Crippen LogP contribution in [-0.2, 0) is 0 Å². The van der Waals surface area contributed by atoms with Crippen LogP contribution < -0.4 is 0 Å². The van der Waals surface area contributed by atoms with E-state index in [1.165, 1.54) is 0 Å². The number of aliphatic hydroxyl groups is 1. The summed E-state index contributed by atoms with van der Waals surface area (Å²) in [6.45, 7) is 5.57. The summed E-state index contributed by atoms with van der Waals surface area (Å²) in [6.07, 6.45) is 2.16. The van der Waals surface area contributed by atoms with Crippen molar-refractivity contribution >= 4 is 15.9 Å². The lowest BCUT2D eigenvalue weighted by Crippen LogP contribution is -2.02. The maximum atomic E-state index is 9.92. The average Bonchev–Trinajstić information content (AvgIpc) is 2.18. The van der Waals surface area contributed by atoms with Gasteiger partial charge in [-0.1, -0.05) is 41.6 Å². The van der Waals surface area contributed by atoms with E-state index in [9.17, 15) is 5.11 Å². The highest BCUT2D eigenvalue weighted by Gasteiger charge is 2.10. The first-order valence-electron chi connectivity index (χ1n) is 4.93. The lowest BCUT2D eigenvalue weighted by Gasteiger charge is -2.13. The SMILES string of the molecule is C=C=CC(C)CC(O)c1ccc(Br)cc1. The molecule has 1 aromatic carbocycles. The minimum Gasteiger partial charge on any atom is -0.388 e. The average molecular weight is 267 g/mol. The lowest BCUT2D eigenvalue weighted by molar-refractivity contribution is 0.155. The molecule has 0 saturated carbocycles. The van der Waals surface area contributed by atoms with Gasteiger partial charge in [-0.15, -0.1) is 5.73 Å². The molecule has 2 atom stereocenters. The Morgan fingerprint density at radius 3 is 2.60 bits per heavy atom. The highest BCUT2D eigenvalue weighted by molar-refractivity contribution is 9.10. The fourth-order valence-corrected chi connectivity index (χ4v) is 1.71. The van der Waals surface area contributed by atoms with E-state index in [2.05, 4.69) is 28.2 Å². The molecular weight excluding hydrogens is 252 g/mol. The van der Waals surface area contributed by atoms with Crippen molar-refractivity contribution in [1.29, 1.82) is 0 Å². The maximum absolute atomic E-state index is 9.92. The highest BCUT2D eigenvalue weighted by Crippen LogP contribution is 2.23. The molecule has 80 valence electrons. The molecule has 0 bridgehead atoms. The van der Waals surface area contributed by atoms with Crippen LogP contribution in [0.15, 0.2) is 47.1 Å². The van der Waals surface area contributed by atoms with Crippen LogP contribution in [0.3, 0.4) is 0 Å². The third-order valence-electron chi connectivity index (χ3n) is 2.25. The van der Waals surface area contributed by atoms with Gasteiger partial charge in [0.15, 0.2) is 0 Å². The smallest absolute Gasteiger partial charge is 0.0795 e. The van der Waals surface area contributed by atoms with Crippen LogP contribution in [0.1, 0.15) is 25.0 Å². The number of hydrogen-bond acceptors (Lipinski definition) is 1. The maximum Gasteiger partial charge on any atom is 0.0795 e. The van der Waals surface area contributed by atoms with Crippen LogP contribution in [0.25, 0.3) is 0 Å². The van der Waals surface area contributed by atoms with Gasteiger partial charge in [0.25, 0.3) is 0 Å². The first-order chi connectivity index (χ1) is 7.13. The van der Waals surface area contributed by atoms with Crippen LogP contribution in [-0.4, -0.2) is 5.11 Å². The van der Waals surface area contributed by atoms with E-state index in [0.717, 1.165) is 10.0 Å². The van der Waals surface area contributed by atoms with Crippen LogP contribution in [0, 0.1) is 5.92 Å². The molecular formula is C13H15BrO. The topological polar surface area (TPSA) is 20.2 Å². The molecule has 1 aromatic rings. The number of benzene rings is 1. The Kier molecular flexibility index (Phi) is 4.83. The standard InChI is InChI=1S/C13H15BrO/c1-3-4-10(2)9-13(15)11-5-7-12(14)8-6-11/h4-8,10,13,15H,1,9H2,2H3. The van der Waals surface area contributed by atoms with Crippen molar-refractivity contribution in [1.82, 2.24) is 0 Å². The lowest BCUT2D eigenvalue weighted by atomic mass is 9.98. The first-order valence-corrected chi connectivity index (χ1v) is 5.72. The van der Waals surface area contributed by atoms with E-state index in [0.29, 0.717) is 12.3 Å². The van der Waals surface area contributed by atoms with Crippen molar-refractivity contribution in [2.45, 2.75) is 19.4 Å². The molecule has 0 fully saturated rings. The summed E-state index contributed by atoms with van der Waals surface area (Å²) in [6, 6.07) is 7.73. The van der Waals surface area contributed by atoms with Gasteiger partial charge in [-0.25, -0.2) is 0 Å². The predicted octanol–water partition coefficient (Wildman–Crippen LogP) is 3.85. The molecule has 2 heteroatoms. The molecule has 15 heavy (non-hydrogen) atoms. The summed E-state index contributed by atoms with van der Waals surface area (Å²) in [4.78, 5) is 0. The number of allylic oxidation sites excluding steroid dienone is 1. The Bertz CT molecular complexity index is 349. The van der Waals surface area contributed by atoms with Crippen LogP contribution in [0.5, 0.6) is 0 Å². The molecule has 0 radical (unpaired) electrons. The molecule has 2 unspecified atom stereocenters. The zero-order valence-corrected chi connectivity index (χ0v) is 10.4. The Morgan fingerprint density at radius 1 is 1.47 bits per heavy atom. The molecule has 1 nitrogen and oxygen atoms in total. The molecule has 0 heterocycles. The first kappa shape index (κ1) is 12.3. The Labute approximate surface area is 99.3 Å². The van der Waals surface area contributed by atoms with Crippen molar-refractivity contribution in [2.75, 3.05) is 0 Å². The fourth-order valence-electron chi connectivity index (χ4n) is 1.44. The molecule has 0 saturated heterocycles. The second-order valence-electron chi connectivity index (χ2n) is 3.65. The van der Waals surface area contributed by atoms with Gasteiger partial charge in [0, 0.05) is 4.47 Å². The monoisotopic (exact) mass is 266 g/mol. The predicted molar refractivity (Wildman–Crippen MR) is 66.6 cm³/mol. The summed E-state index contributed by atoms with van der Waals surface area (Å²) >= 11 is 3.36. The van der Waals surface area contributed by atoms with E-state index in [1.807, 2.05) is 37.3 Å². The van der Waals surface area contributed by atoms with Crippen molar-refractivity contribution in [3.63, 3.8) is 0 Å². The second kappa shape index (κ2) is 5.92. The summed E-state index contributed by atoms with van der Waals surface area (Å²) < 4.78 is 1.03. The largest absolute Gasteiger partial charge is 0.388 e. The van der Waals surface area contributed by atoms with Gasteiger partial charge in [0.1, 0.15) is 0 Å². The Hall–Kier alpha value is -0.820. The molecule has 0 aliphatic rings. The molecule has 0 amide bonds. The third kappa shape index (κ3) is 4.05. The van der Waals surface area contributed by atoms with E-state index >= 15 is 0 Å². The fraction of sp³-hybridized carbons (Fsp3) is 0.308. The molecule has 0 spiro atoms. The van der Waals surface area contributed by atoms with Crippen molar-refractivity contribution in [3.05, 3.63) is 52.7 Å². The van der Waals surface area contributed by atoms with Crippen molar-refractivity contribution in [2.24, 2.45) is 5.92 Å². The quantitative estimate of drug-likeness (QED) is 0.821. The Morgan fingerprint density at radius 2 is 2.07 bits per heavy atom. The molecule has 1 N–H and O–H groups in total. The van der Waals surface area contributed by atoms with Gasteiger partial charge in [-0.05, 0) is 36.1 Å². The zero-order chi connectivity index (χ0) is 11.3. The number of rotatable bonds is 4. The van der Waals surface area contributed by atoms with E-state index in [-0.39, 0.29) is 0 Å². The third-order valence-corrected chi connectivity index (χ3v) is 2.78. The number of hydrogen-bond donors (Lipinski definition) is 1. The molecule has 0 aromatic heterocycles. The van der Waals surface area contributed by atoms with Gasteiger partial charge in [0.2, 0.25) is 0 Å². The molecule has 1 rings (SSSR count). The minimum absolute atomic E-state index is 0.293. The summed E-state index contributed by atoms with van der Waals surface area (Å²) in [5.74, 6) is 0.293. The minimum atomic E-state index is -0.419. The zero-order valence-electron chi connectivity index (χ0n) is 8.78. The van der Waals surface area contributed by atoms with Gasteiger partial charge >= 0.3 is 0 Å². The number of aliphatic hydroxyl groups excluding tert-OH is 1. The van der Waals surface area contributed by atoms with E-state index in [1.54, 1.807) is 0 Å². The molecule has 0 aliphatic heterocycles. The molecule has 0 aliphatic carbocycles. The van der Waals surface area contributed by atoms with Gasteiger partial charge < -0.3 is 5.11 Å². The normalized spacial score (nSPS) is 14.1. The van der Waals surface area contributed by atoms with Gasteiger partial charge in [-0.2, -0.15) is 0 Å². The van der Waals surface area contributed by atoms with E-state index in [4.69, 9.17) is 0 Å². The van der Waals surface area contributed by atoms with Crippen LogP contribution in [0.2, 0.25) is 0 Å².